The highest BCUT2D eigenvalue weighted by Gasteiger charge is 2.28. The number of fused-ring (bicyclic) bond motifs is 1. The number of amides is 1. The Morgan fingerprint density at radius 2 is 2.04 bits per heavy atom. The summed E-state index contributed by atoms with van der Waals surface area (Å²) in [5, 5.41) is 7.76. The zero-order valence-corrected chi connectivity index (χ0v) is 13.6. The summed E-state index contributed by atoms with van der Waals surface area (Å²) < 4.78 is 41.7. The van der Waals surface area contributed by atoms with Gasteiger partial charge in [0.25, 0.3) is 0 Å². The van der Waals surface area contributed by atoms with Crippen molar-refractivity contribution in [2.75, 3.05) is 0 Å². The second kappa shape index (κ2) is 6.83. The number of rotatable bonds is 4. The smallest absolute Gasteiger partial charge is 0.224 e. The van der Waals surface area contributed by atoms with Crippen LogP contribution in [-0.4, -0.2) is 37.9 Å². The molecular weight excluding hydrogens is 335 g/mol. The molecule has 0 spiro atoms. The minimum absolute atomic E-state index is 0.0235. The van der Waals surface area contributed by atoms with Gasteiger partial charge in [-0.25, -0.2) is 17.9 Å². The zero-order chi connectivity index (χ0) is 18.1. The lowest BCUT2D eigenvalue weighted by atomic mass is 10.0. The summed E-state index contributed by atoms with van der Waals surface area (Å²) in [4.78, 5) is 14.2. The van der Waals surface area contributed by atoms with E-state index in [1.165, 1.54) is 0 Å². The first-order chi connectivity index (χ1) is 11.8. The van der Waals surface area contributed by atoms with Crippen LogP contribution in [0.5, 0.6) is 0 Å². The van der Waals surface area contributed by atoms with Gasteiger partial charge in [0, 0.05) is 24.6 Å². The van der Waals surface area contributed by atoms with Crippen molar-refractivity contribution in [1.82, 2.24) is 19.9 Å². The van der Waals surface area contributed by atoms with Gasteiger partial charge < -0.3 is 10.6 Å². The molecule has 25 heavy (non-hydrogen) atoms. The van der Waals surface area contributed by atoms with E-state index in [2.05, 4.69) is 10.3 Å². The Morgan fingerprint density at radius 3 is 2.80 bits per heavy atom. The van der Waals surface area contributed by atoms with Crippen LogP contribution in [0.25, 0.3) is 0 Å². The molecule has 1 aromatic carbocycles. The first-order valence-electron chi connectivity index (χ1n) is 7.91. The highest BCUT2D eigenvalue weighted by molar-refractivity contribution is 5.77. The monoisotopic (exact) mass is 353 g/mol. The van der Waals surface area contributed by atoms with Crippen molar-refractivity contribution in [2.45, 2.75) is 44.9 Å². The van der Waals surface area contributed by atoms with Crippen LogP contribution in [0.2, 0.25) is 0 Å². The lowest BCUT2D eigenvalue weighted by Crippen LogP contribution is -2.46. The van der Waals surface area contributed by atoms with E-state index in [4.69, 9.17) is 5.73 Å². The highest BCUT2D eigenvalue weighted by atomic mass is 19.2. The van der Waals surface area contributed by atoms with E-state index < -0.39 is 23.5 Å². The Balaban J connectivity index is 1.64. The van der Waals surface area contributed by atoms with Crippen molar-refractivity contribution >= 4 is 5.91 Å². The van der Waals surface area contributed by atoms with Crippen LogP contribution in [0.15, 0.2) is 18.3 Å². The molecule has 1 aliphatic rings. The molecule has 0 bridgehead atoms. The first-order valence-corrected chi connectivity index (χ1v) is 7.91. The van der Waals surface area contributed by atoms with E-state index in [0.29, 0.717) is 19.2 Å². The molecule has 0 saturated carbocycles. The SMILES string of the molecule is CC1Cn2nncc2CN1C(=O)C[C@H](N)Cc1cc(F)c(F)cc1F. The van der Waals surface area contributed by atoms with Crippen molar-refractivity contribution in [2.24, 2.45) is 5.73 Å². The normalized spacial score (nSPS) is 18.1. The molecule has 1 amide bonds. The van der Waals surface area contributed by atoms with Crippen molar-refractivity contribution in [3.63, 3.8) is 0 Å². The van der Waals surface area contributed by atoms with E-state index in [0.717, 1.165) is 11.8 Å². The van der Waals surface area contributed by atoms with Crippen molar-refractivity contribution < 1.29 is 18.0 Å². The minimum atomic E-state index is -1.25. The maximum Gasteiger partial charge on any atom is 0.224 e. The van der Waals surface area contributed by atoms with Crippen LogP contribution in [-0.2, 0) is 24.3 Å². The Hall–Kier alpha value is -2.42. The number of nitrogens with zero attached hydrogens (tertiary/aromatic N) is 4. The number of aromatic nitrogens is 3. The third kappa shape index (κ3) is 3.65. The van der Waals surface area contributed by atoms with Crippen LogP contribution in [0, 0.1) is 17.5 Å². The van der Waals surface area contributed by atoms with Crippen LogP contribution in [0.4, 0.5) is 13.2 Å². The van der Waals surface area contributed by atoms with Crippen molar-refractivity contribution in [1.29, 1.82) is 0 Å². The molecule has 1 unspecified atom stereocenters. The Morgan fingerprint density at radius 1 is 1.32 bits per heavy atom. The van der Waals surface area contributed by atoms with E-state index in [1.54, 1.807) is 15.8 Å². The average Bonchev–Trinajstić information content (AvgIpc) is 2.98. The lowest BCUT2D eigenvalue weighted by molar-refractivity contribution is -0.135. The number of nitrogens with two attached hydrogens (primary N) is 1. The van der Waals surface area contributed by atoms with Gasteiger partial charge in [-0.05, 0) is 25.0 Å². The predicted octanol–water partition coefficient (Wildman–Crippen LogP) is 1.39. The second-order valence-corrected chi connectivity index (χ2v) is 6.30. The quantitative estimate of drug-likeness (QED) is 0.843. The molecule has 0 fully saturated rings. The van der Waals surface area contributed by atoms with Gasteiger partial charge in [0.2, 0.25) is 5.91 Å². The van der Waals surface area contributed by atoms with Gasteiger partial charge in [0.1, 0.15) is 5.82 Å². The third-order valence-corrected chi connectivity index (χ3v) is 4.33. The molecule has 1 aromatic heterocycles. The van der Waals surface area contributed by atoms with Gasteiger partial charge in [0.15, 0.2) is 11.6 Å². The van der Waals surface area contributed by atoms with E-state index in [1.807, 2.05) is 6.92 Å². The molecule has 134 valence electrons. The summed E-state index contributed by atoms with van der Waals surface area (Å²) in [6.07, 6.45) is 1.52. The Kier molecular flexibility index (Phi) is 4.76. The number of benzene rings is 1. The van der Waals surface area contributed by atoms with Crippen LogP contribution in [0.3, 0.4) is 0 Å². The number of hydrogen-bond donors (Lipinski definition) is 1. The topological polar surface area (TPSA) is 77.0 Å². The molecule has 9 heteroatoms. The first kappa shape index (κ1) is 17.4. The van der Waals surface area contributed by atoms with Gasteiger partial charge in [0.05, 0.1) is 25.0 Å². The summed E-state index contributed by atoms with van der Waals surface area (Å²) in [5.41, 5.74) is 6.71. The fourth-order valence-electron chi connectivity index (χ4n) is 2.98. The number of carbonyl (C=O) groups excluding carboxylic acids is 1. The van der Waals surface area contributed by atoms with E-state index in [9.17, 15) is 18.0 Å². The largest absolute Gasteiger partial charge is 0.332 e. The summed E-state index contributed by atoms with van der Waals surface area (Å²) in [5.74, 6) is -3.45. The minimum Gasteiger partial charge on any atom is -0.332 e. The van der Waals surface area contributed by atoms with Gasteiger partial charge in [-0.3, -0.25) is 4.79 Å². The average molecular weight is 353 g/mol. The predicted molar refractivity (Wildman–Crippen MR) is 82.6 cm³/mol. The zero-order valence-electron chi connectivity index (χ0n) is 13.6. The molecule has 3 rings (SSSR count). The highest BCUT2D eigenvalue weighted by Crippen LogP contribution is 2.19. The van der Waals surface area contributed by atoms with Crippen molar-refractivity contribution in [3.8, 4) is 0 Å². The molecule has 2 heterocycles. The number of hydrogen-bond acceptors (Lipinski definition) is 4. The molecule has 2 aromatic rings. The van der Waals surface area contributed by atoms with Gasteiger partial charge in [-0.2, -0.15) is 0 Å². The van der Waals surface area contributed by atoms with Crippen LogP contribution < -0.4 is 5.73 Å². The summed E-state index contributed by atoms with van der Waals surface area (Å²) in [6, 6.07) is 0.487. The maximum atomic E-state index is 13.7. The Labute approximate surface area is 142 Å². The summed E-state index contributed by atoms with van der Waals surface area (Å²) in [7, 11) is 0. The molecule has 2 atom stereocenters. The van der Waals surface area contributed by atoms with Crippen LogP contribution in [0.1, 0.15) is 24.6 Å². The third-order valence-electron chi connectivity index (χ3n) is 4.33. The van der Waals surface area contributed by atoms with Gasteiger partial charge >= 0.3 is 0 Å². The standard InChI is InChI=1S/C16H18F3N5O/c1-9-7-24-12(6-21-22-24)8-23(9)16(25)4-11(20)2-10-3-14(18)15(19)5-13(10)17/h3,5-6,9,11H,2,4,7-8,20H2,1H3/t9?,11-/m1/s1. The molecule has 6 nitrogen and oxygen atoms in total. The number of halogens is 3. The molecule has 0 radical (unpaired) electrons. The molecular formula is C16H18F3N5O. The summed E-state index contributed by atoms with van der Waals surface area (Å²) in [6.45, 7) is 2.80. The van der Waals surface area contributed by atoms with E-state index in [-0.39, 0.29) is 30.4 Å². The van der Waals surface area contributed by atoms with Gasteiger partial charge in [-0.15, -0.1) is 5.10 Å². The maximum absolute atomic E-state index is 13.7. The molecule has 2 N–H and O–H groups in total. The number of carbonyl (C=O) groups is 1. The molecule has 1 aliphatic heterocycles. The second-order valence-electron chi connectivity index (χ2n) is 6.30. The molecule has 0 saturated heterocycles. The Bertz CT molecular complexity index is 794. The fraction of sp³-hybridized carbons (Fsp3) is 0.438. The van der Waals surface area contributed by atoms with Crippen LogP contribution >= 0.6 is 0 Å². The fourth-order valence-corrected chi connectivity index (χ4v) is 2.98. The summed E-state index contributed by atoms with van der Waals surface area (Å²) >= 11 is 0. The van der Waals surface area contributed by atoms with E-state index >= 15 is 0 Å². The van der Waals surface area contributed by atoms with Crippen molar-refractivity contribution in [3.05, 3.63) is 47.0 Å². The molecule has 0 aliphatic carbocycles. The van der Waals surface area contributed by atoms with Gasteiger partial charge in [-0.1, -0.05) is 5.21 Å². The lowest BCUT2D eigenvalue weighted by Gasteiger charge is -2.34.